The van der Waals surface area contributed by atoms with Gasteiger partial charge in [0.1, 0.15) is 11.5 Å². The zero-order valence-electron chi connectivity index (χ0n) is 10.9. The SMILES string of the molecule is Cc1cc(Oc2ccc3c(c2)CCC3)c(CCl)cn1. The number of aromatic nitrogens is 1. The van der Waals surface area contributed by atoms with Crippen LogP contribution in [0.5, 0.6) is 11.5 Å². The Morgan fingerprint density at radius 1 is 1.21 bits per heavy atom. The third kappa shape index (κ3) is 2.59. The van der Waals surface area contributed by atoms with Crippen LogP contribution in [0.25, 0.3) is 0 Å². The van der Waals surface area contributed by atoms with E-state index < -0.39 is 0 Å². The van der Waals surface area contributed by atoms with E-state index in [0.717, 1.165) is 29.2 Å². The summed E-state index contributed by atoms with van der Waals surface area (Å²) in [6.45, 7) is 1.95. The highest BCUT2D eigenvalue weighted by atomic mass is 35.5. The molecule has 0 spiro atoms. The van der Waals surface area contributed by atoms with Gasteiger partial charge in [-0.25, -0.2) is 0 Å². The number of fused-ring (bicyclic) bond motifs is 1. The fourth-order valence-electron chi connectivity index (χ4n) is 2.50. The molecule has 0 radical (unpaired) electrons. The van der Waals surface area contributed by atoms with Gasteiger partial charge in [0.15, 0.2) is 0 Å². The van der Waals surface area contributed by atoms with Crippen molar-refractivity contribution in [2.75, 3.05) is 0 Å². The minimum Gasteiger partial charge on any atom is -0.457 e. The normalized spacial score (nSPS) is 13.4. The van der Waals surface area contributed by atoms with E-state index in [9.17, 15) is 0 Å². The van der Waals surface area contributed by atoms with Crippen molar-refractivity contribution in [2.24, 2.45) is 0 Å². The Balaban J connectivity index is 1.90. The smallest absolute Gasteiger partial charge is 0.135 e. The molecule has 98 valence electrons. The molecule has 0 unspecified atom stereocenters. The van der Waals surface area contributed by atoms with Crippen LogP contribution in [0.3, 0.4) is 0 Å². The molecule has 1 aliphatic rings. The van der Waals surface area contributed by atoms with Gasteiger partial charge in [-0.3, -0.25) is 4.98 Å². The summed E-state index contributed by atoms with van der Waals surface area (Å²) in [5, 5.41) is 0. The van der Waals surface area contributed by atoms with E-state index in [2.05, 4.69) is 17.1 Å². The van der Waals surface area contributed by atoms with Gasteiger partial charge in [0.25, 0.3) is 0 Å². The average Bonchev–Trinajstić information content (AvgIpc) is 2.86. The van der Waals surface area contributed by atoms with Crippen molar-refractivity contribution in [3.63, 3.8) is 0 Å². The van der Waals surface area contributed by atoms with Gasteiger partial charge in [0.05, 0.1) is 5.88 Å². The lowest BCUT2D eigenvalue weighted by Crippen LogP contribution is -1.94. The third-order valence-electron chi connectivity index (χ3n) is 3.52. The predicted molar refractivity (Wildman–Crippen MR) is 77.1 cm³/mol. The highest BCUT2D eigenvalue weighted by Gasteiger charge is 2.12. The molecule has 0 amide bonds. The van der Waals surface area contributed by atoms with Gasteiger partial charge < -0.3 is 4.74 Å². The number of alkyl halides is 1. The van der Waals surface area contributed by atoms with Crippen LogP contribution >= 0.6 is 11.6 Å². The van der Waals surface area contributed by atoms with Crippen LogP contribution < -0.4 is 4.74 Å². The first-order valence-corrected chi connectivity index (χ1v) is 7.11. The van der Waals surface area contributed by atoms with E-state index in [1.165, 1.54) is 24.0 Å². The van der Waals surface area contributed by atoms with Crippen LogP contribution in [0.2, 0.25) is 0 Å². The third-order valence-corrected chi connectivity index (χ3v) is 3.81. The Labute approximate surface area is 118 Å². The van der Waals surface area contributed by atoms with Gasteiger partial charge in [-0.05, 0) is 49.4 Å². The Morgan fingerprint density at radius 2 is 2.05 bits per heavy atom. The Morgan fingerprint density at radius 3 is 2.89 bits per heavy atom. The van der Waals surface area contributed by atoms with Crippen molar-refractivity contribution in [1.82, 2.24) is 4.98 Å². The Hall–Kier alpha value is -1.54. The molecule has 3 heteroatoms. The molecule has 1 aliphatic carbocycles. The molecule has 0 bridgehead atoms. The van der Waals surface area contributed by atoms with Crippen LogP contribution in [0, 0.1) is 6.92 Å². The summed E-state index contributed by atoms with van der Waals surface area (Å²) in [4.78, 5) is 4.25. The first-order chi connectivity index (χ1) is 9.26. The Bertz CT molecular complexity index is 610. The topological polar surface area (TPSA) is 22.1 Å². The van der Waals surface area contributed by atoms with E-state index in [-0.39, 0.29) is 0 Å². The molecular formula is C16H16ClNO. The van der Waals surface area contributed by atoms with Gasteiger partial charge in [-0.2, -0.15) is 0 Å². The standard InChI is InChI=1S/C16H16ClNO/c1-11-7-16(14(9-17)10-18-11)19-15-6-5-12-3-2-4-13(12)8-15/h5-8,10H,2-4,9H2,1H3. The lowest BCUT2D eigenvalue weighted by molar-refractivity contribution is 0.476. The predicted octanol–water partition coefficient (Wildman–Crippen LogP) is 4.41. The largest absolute Gasteiger partial charge is 0.457 e. The van der Waals surface area contributed by atoms with Gasteiger partial charge in [-0.1, -0.05) is 6.07 Å². The minimum atomic E-state index is 0.410. The summed E-state index contributed by atoms with van der Waals surface area (Å²) >= 11 is 5.92. The van der Waals surface area contributed by atoms with E-state index in [4.69, 9.17) is 16.3 Å². The number of ether oxygens (including phenoxy) is 1. The van der Waals surface area contributed by atoms with Crippen LogP contribution in [0.1, 0.15) is 28.8 Å². The molecule has 2 aromatic rings. The highest BCUT2D eigenvalue weighted by Crippen LogP contribution is 2.31. The second-order valence-electron chi connectivity index (χ2n) is 4.95. The van der Waals surface area contributed by atoms with E-state index >= 15 is 0 Å². The molecule has 0 fully saturated rings. The molecule has 0 atom stereocenters. The molecule has 0 saturated heterocycles. The molecule has 19 heavy (non-hydrogen) atoms. The summed E-state index contributed by atoms with van der Waals surface area (Å²) < 4.78 is 5.98. The molecule has 1 heterocycles. The number of hydrogen-bond acceptors (Lipinski definition) is 2. The minimum absolute atomic E-state index is 0.410. The first kappa shape index (κ1) is 12.5. The average molecular weight is 274 g/mol. The molecule has 2 nitrogen and oxygen atoms in total. The van der Waals surface area contributed by atoms with Crippen LogP contribution in [0.15, 0.2) is 30.5 Å². The van der Waals surface area contributed by atoms with Crippen molar-refractivity contribution in [3.05, 3.63) is 52.8 Å². The monoisotopic (exact) mass is 273 g/mol. The number of nitrogens with zero attached hydrogens (tertiary/aromatic N) is 1. The quantitative estimate of drug-likeness (QED) is 0.773. The van der Waals surface area contributed by atoms with Crippen LogP contribution in [-0.2, 0) is 18.7 Å². The summed E-state index contributed by atoms with van der Waals surface area (Å²) in [6, 6.07) is 8.30. The van der Waals surface area contributed by atoms with Crippen molar-refractivity contribution in [2.45, 2.75) is 32.1 Å². The summed E-state index contributed by atoms with van der Waals surface area (Å²) in [5.74, 6) is 2.10. The summed E-state index contributed by atoms with van der Waals surface area (Å²) in [5.41, 5.74) is 4.73. The van der Waals surface area contributed by atoms with Crippen LogP contribution in [-0.4, -0.2) is 4.98 Å². The first-order valence-electron chi connectivity index (χ1n) is 6.57. The molecule has 0 N–H and O–H groups in total. The van der Waals surface area contributed by atoms with Crippen molar-refractivity contribution in [1.29, 1.82) is 0 Å². The maximum Gasteiger partial charge on any atom is 0.135 e. The van der Waals surface area contributed by atoms with Crippen molar-refractivity contribution < 1.29 is 4.74 Å². The van der Waals surface area contributed by atoms with Gasteiger partial charge in [0.2, 0.25) is 0 Å². The molecule has 3 rings (SSSR count). The van der Waals surface area contributed by atoms with E-state index in [1.807, 2.05) is 19.1 Å². The maximum absolute atomic E-state index is 5.98. The Kier molecular flexibility index (Phi) is 3.43. The molecule has 1 aromatic carbocycles. The number of hydrogen-bond donors (Lipinski definition) is 0. The van der Waals surface area contributed by atoms with Gasteiger partial charge in [0, 0.05) is 23.5 Å². The van der Waals surface area contributed by atoms with Crippen molar-refractivity contribution >= 4 is 11.6 Å². The fraction of sp³-hybridized carbons (Fsp3) is 0.312. The molecular weight excluding hydrogens is 258 g/mol. The van der Waals surface area contributed by atoms with Crippen molar-refractivity contribution in [3.8, 4) is 11.5 Å². The lowest BCUT2D eigenvalue weighted by Gasteiger charge is -2.11. The van der Waals surface area contributed by atoms with Crippen LogP contribution in [0.4, 0.5) is 0 Å². The second kappa shape index (κ2) is 5.22. The fourth-order valence-corrected chi connectivity index (χ4v) is 2.70. The zero-order valence-corrected chi connectivity index (χ0v) is 11.7. The molecule has 0 aliphatic heterocycles. The summed E-state index contributed by atoms with van der Waals surface area (Å²) in [7, 11) is 0. The number of pyridine rings is 1. The second-order valence-corrected chi connectivity index (χ2v) is 5.22. The number of rotatable bonds is 3. The lowest BCUT2D eigenvalue weighted by atomic mass is 10.1. The van der Waals surface area contributed by atoms with Gasteiger partial charge in [-0.15, -0.1) is 11.6 Å². The van der Waals surface area contributed by atoms with Gasteiger partial charge >= 0.3 is 0 Å². The molecule has 1 aromatic heterocycles. The number of benzene rings is 1. The maximum atomic E-state index is 5.98. The zero-order chi connectivity index (χ0) is 13.2. The van der Waals surface area contributed by atoms with E-state index in [0.29, 0.717) is 5.88 Å². The number of halogens is 1. The summed E-state index contributed by atoms with van der Waals surface area (Å²) in [6.07, 6.45) is 5.38. The van der Waals surface area contributed by atoms with E-state index in [1.54, 1.807) is 6.20 Å². The number of aryl methyl sites for hydroxylation is 3. The molecule has 0 saturated carbocycles. The highest BCUT2D eigenvalue weighted by molar-refractivity contribution is 6.17.